The first-order chi connectivity index (χ1) is 18.7. The molecule has 214 valence electrons. The summed E-state index contributed by atoms with van der Waals surface area (Å²) in [5, 5.41) is 10.5. The lowest BCUT2D eigenvalue weighted by Gasteiger charge is -2.32. The molecule has 1 aromatic carbocycles. The van der Waals surface area contributed by atoms with E-state index in [4.69, 9.17) is 11.6 Å². The predicted molar refractivity (Wildman–Crippen MR) is 159 cm³/mol. The molecule has 3 rings (SSSR count). The Bertz CT molecular complexity index is 1140. The van der Waals surface area contributed by atoms with Crippen LogP contribution >= 0.6 is 22.9 Å². The number of fused-ring (bicyclic) bond motifs is 1. The average molecular weight is 576 g/mol. The number of thiazole rings is 1. The van der Waals surface area contributed by atoms with Gasteiger partial charge >= 0.3 is 0 Å². The van der Waals surface area contributed by atoms with Crippen molar-refractivity contribution in [2.75, 3.05) is 26.2 Å². The van der Waals surface area contributed by atoms with Gasteiger partial charge in [0.2, 0.25) is 17.7 Å². The highest BCUT2D eigenvalue weighted by Crippen LogP contribution is 2.28. The van der Waals surface area contributed by atoms with E-state index in [9.17, 15) is 14.4 Å². The minimum absolute atomic E-state index is 0.194. The molecule has 3 amide bonds. The zero-order valence-corrected chi connectivity index (χ0v) is 24.9. The number of hydrogen-bond donors (Lipinski definition) is 3. The number of nitrogens with zero attached hydrogens (tertiary/aromatic N) is 2. The Kier molecular flexibility index (Phi) is 12.2. The van der Waals surface area contributed by atoms with E-state index in [1.165, 1.54) is 17.8 Å². The molecule has 1 heterocycles. The van der Waals surface area contributed by atoms with Gasteiger partial charge in [0.05, 0.1) is 15.2 Å². The van der Waals surface area contributed by atoms with Gasteiger partial charge in [-0.05, 0) is 50.0 Å². The third-order valence-corrected chi connectivity index (χ3v) is 8.68. The normalized spacial score (nSPS) is 15.6. The van der Waals surface area contributed by atoms with Crippen LogP contribution in [0.1, 0.15) is 64.3 Å². The highest BCUT2D eigenvalue weighted by atomic mass is 35.5. The molecule has 3 N–H and O–H groups in total. The van der Waals surface area contributed by atoms with E-state index in [2.05, 4.69) is 46.3 Å². The lowest BCUT2D eigenvalue weighted by atomic mass is 9.83. The lowest BCUT2D eigenvalue weighted by molar-refractivity contribution is -0.129. The van der Waals surface area contributed by atoms with Gasteiger partial charge in [0.15, 0.2) is 0 Å². The van der Waals surface area contributed by atoms with Crippen LogP contribution in [0.5, 0.6) is 0 Å². The number of carbonyl (C=O) groups excluding carboxylic acids is 3. The van der Waals surface area contributed by atoms with Crippen molar-refractivity contribution in [1.29, 1.82) is 0 Å². The second-order valence-corrected chi connectivity index (χ2v) is 11.7. The third kappa shape index (κ3) is 9.29. The van der Waals surface area contributed by atoms with Crippen LogP contribution in [-0.2, 0) is 20.8 Å². The Labute approximate surface area is 241 Å². The molecule has 1 aliphatic rings. The molecule has 39 heavy (non-hydrogen) atoms. The van der Waals surface area contributed by atoms with Gasteiger partial charge in [-0.25, -0.2) is 4.98 Å². The number of carbonyl (C=O) groups is 3. The van der Waals surface area contributed by atoms with Crippen LogP contribution in [0.25, 0.3) is 10.2 Å². The molecule has 1 aromatic heterocycles. The van der Waals surface area contributed by atoms with Crippen molar-refractivity contribution in [1.82, 2.24) is 25.8 Å². The summed E-state index contributed by atoms with van der Waals surface area (Å²) in [5.41, 5.74) is 1.32. The second kappa shape index (κ2) is 15.3. The highest BCUT2D eigenvalue weighted by molar-refractivity contribution is 7.18. The van der Waals surface area contributed by atoms with Crippen LogP contribution in [0.4, 0.5) is 0 Å². The largest absolute Gasteiger partial charge is 0.350 e. The number of nitrogens with one attached hydrogen (secondary N) is 3. The van der Waals surface area contributed by atoms with E-state index < -0.39 is 6.04 Å². The maximum absolute atomic E-state index is 13.6. The van der Waals surface area contributed by atoms with Crippen LogP contribution in [0, 0.1) is 5.92 Å². The number of rotatable bonds is 14. The van der Waals surface area contributed by atoms with Gasteiger partial charge in [-0.15, -0.1) is 11.3 Å². The molecule has 0 saturated heterocycles. The van der Waals surface area contributed by atoms with Crippen LogP contribution in [0.3, 0.4) is 0 Å². The minimum Gasteiger partial charge on any atom is -0.350 e. The molecule has 0 radical (unpaired) electrons. The first-order valence-electron chi connectivity index (χ1n) is 14.1. The molecular formula is C29H42ClN5O3S. The number of halogens is 1. The lowest BCUT2D eigenvalue weighted by Crippen LogP contribution is -2.55. The molecule has 0 spiro atoms. The van der Waals surface area contributed by atoms with Crippen LogP contribution in [-0.4, -0.2) is 65.9 Å². The zero-order chi connectivity index (χ0) is 28.4. The summed E-state index contributed by atoms with van der Waals surface area (Å²) in [5.74, 6) is -0.400. The van der Waals surface area contributed by atoms with Crippen molar-refractivity contribution in [3.63, 3.8) is 0 Å². The molecule has 2 atom stereocenters. The van der Waals surface area contributed by atoms with Gasteiger partial charge in [-0.3, -0.25) is 19.3 Å². The fourth-order valence-electron chi connectivity index (χ4n) is 4.99. The quantitative estimate of drug-likeness (QED) is 0.288. The first-order valence-corrected chi connectivity index (χ1v) is 15.3. The molecule has 1 aliphatic carbocycles. The highest BCUT2D eigenvalue weighted by Gasteiger charge is 2.30. The van der Waals surface area contributed by atoms with Gasteiger partial charge in [0.25, 0.3) is 0 Å². The number of amides is 3. The topological polar surface area (TPSA) is 103 Å². The summed E-state index contributed by atoms with van der Waals surface area (Å²) < 4.78 is 0.936. The summed E-state index contributed by atoms with van der Waals surface area (Å²) >= 11 is 7.60. The molecule has 0 aliphatic heterocycles. The molecule has 1 saturated carbocycles. The number of hydrogen-bond acceptors (Lipinski definition) is 6. The van der Waals surface area contributed by atoms with Crippen molar-refractivity contribution in [3.8, 4) is 0 Å². The van der Waals surface area contributed by atoms with E-state index in [1.54, 1.807) is 13.0 Å². The fourth-order valence-corrected chi connectivity index (χ4v) is 6.27. The maximum atomic E-state index is 13.6. The summed E-state index contributed by atoms with van der Waals surface area (Å²) in [7, 11) is 0. The summed E-state index contributed by atoms with van der Waals surface area (Å²) in [4.78, 5) is 45.6. The van der Waals surface area contributed by atoms with Gasteiger partial charge < -0.3 is 16.0 Å². The Morgan fingerprint density at radius 1 is 1.13 bits per heavy atom. The number of likely N-dealkylation sites (N-methyl/N-ethyl adjacent to an activating group) is 1. The standard InChI is InChI=1S/C29H42ClN5O3S/c1-5-26(36)32-23(16-27-33-22-14-13-21(30)15-25(22)39-27)29(38)34-24(20-11-9-8-10-12-20)17-31-28(37)19(4)18-35(6-2)7-3/h13-15,20,23-24H,4-12,16-18H2,1-3H3,(H,31,37)(H,32,36)(H,34,38)/t23-,24+/m0/s1. The Morgan fingerprint density at radius 2 is 1.85 bits per heavy atom. The van der Waals surface area contributed by atoms with E-state index in [1.807, 2.05) is 12.1 Å². The van der Waals surface area contributed by atoms with E-state index in [-0.39, 0.29) is 42.5 Å². The predicted octanol–water partition coefficient (Wildman–Crippen LogP) is 4.47. The maximum Gasteiger partial charge on any atom is 0.247 e. The van der Waals surface area contributed by atoms with Crippen molar-refractivity contribution in [3.05, 3.63) is 40.4 Å². The summed E-state index contributed by atoms with van der Waals surface area (Å²) in [6, 6.07) is 4.49. The molecule has 10 heteroatoms. The Morgan fingerprint density at radius 3 is 2.51 bits per heavy atom. The minimum atomic E-state index is -0.770. The number of benzene rings is 1. The molecule has 1 fully saturated rings. The van der Waals surface area contributed by atoms with E-state index in [0.29, 0.717) is 23.7 Å². The Balaban J connectivity index is 1.72. The van der Waals surface area contributed by atoms with Gasteiger partial charge in [-0.1, -0.05) is 58.2 Å². The molecular weight excluding hydrogens is 534 g/mol. The van der Waals surface area contributed by atoms with Gasteiger partial charge in [0.1, 0.15) is 6.04 Å². The van der Waals surface area contributed by atoms with E-state index in [0.717, 1.165) is 54.0 Å². The fraction of sp³-hybridized carbons (Fsp3) is 0.586. The SMILES string of the molecule is C=C(CN(CC)CC)C(=O)NC[C@@H](NC(=O)[C@H](Cc1nc2ccc(Cl)cc2s1)NC(=O)CC)C1CCCCC1. The third-order valence-electron chi connectivity index (χ3n) is 7.41. The van der Waals surface area contributed by atoms with E-state index >= 15 is 0 Å². The smallest absolute Gasteiger partial charge is 0.247 e. The van der Waals surface area contributed by atoms with Crippen LogP contribution < -0.4 is 16.0 Å². The second-order valence-electron chi connectivity index (χ2n) is 10.2. The van der Waals surface area contributed by atoms with Gasteiger partial charge in [0, 0.05) is 42.6 Å². The summed E-state index contributed by atoms with van der Waals surface area (Å²) in [6.45, 7) is 12.4. The molecule has 0 unspecified atom stereocenters. The molecule has 8 nitrogen and oxygen atoms in total. The van der Waals surface area contributed by atoms with Crippen molar-refractivity contribution in [2.24, 2.45) is 5.92 Å². The Hall–Kier alpha value is -2.49. The van der Waals surface area contributed by atoms with Crippen molar-refractivity contribution < 1.29 is 14.4 Å². The number of aromatic nitrogens is 1. The average Bonchev–Trinajstić information content (AvgIpc) is 3.34. The van der Waals surface area contributed by atoms with Crippen LogP contribution in [0.2, 0.25) is 5.02 Å². The van der Waals surface area contributed by atoms with Crippen molar-refractivity contribution in [2.45, 2.75) is 77.8 Å². The van der Waals surface area contributed by atoms with Gasteiger partial charge in [-0.2, -0.15) is 0 Å². The van der Waals surface area contributed by atoms with Crippen molar-refractivity contribution >= 4 is 50.9 Å². The first kappa shape index (κ1) is 31.0. The zero-order valence-electron chi connectivity index (χ0n) is 23.4. The molecule has 0 bridgehead atoms. The summed E-state index contributed by atoms with van der Waals surface area (Å²) in [6.07, 6.45) is 5.92. The monoisotopic (exact) mass is 575 g/mol. The molecule has 2 aromatic rings. The van der Waals surface area contributed by atoms with Crippen LogP contribution in [0.15, 0.2) is 30.4 Å².